The molecule has 1 atom stereocenters. The number of aliphatic hydroxyl groups is 1. The molecule has 1 saturated heterocycles. The van der Waals surface area contributed by atoms with E-state index in [0.717, 1.165) is 74.9 Å². The Balaban J connectivity index is 0.00000286. The van der Waals surface area contributed by atoms with Crippen LogP contribution in [0.25, 0.3) is 11.0 Å². The minimum Gasteiger partial charge on any atom is -0.400 e. The monoisotopic (exact) mass is 719 g/mol. The number of amides is 1. The molecular formula is C40H51ClFN5O4. The summed E-state index contributed by atoms with van der Waals surface area (Å²) in [6, 6.07) is 10.5. The average Bonchev–Trinajstić information content (AvgIpc) is 3.50. The average molecular weight is 720 g/mol. The smallest absolute Gasteiger partial charge is 0.251 e. The second-order valence-electron chi connectivity index (χ2n) is 12.6. The molecule has 1 aliphatic heterocycles. The molecule has 1 amide bonds. The summed E-state index contributed by atoms with van der Waals surface area (Å²) in [6.45, 7) is 8.17. The lowest BCUT2D eigenvalue weighted by molar-refractivity contribution is 0.0953. The van der Waals surface area contributed by atoms with Gasteiger partial charge in [0.15, 0.2) is 0 Å². The van der Waals surface area contributed by atoms with Crippen molar-refractivity contribution in [2.75, 3.05) is 47.6 Å². The minimum absolute atomic E-state index is 0.0868. The van der Waals surface area contributed by atoms with E-state index in [1.165, 1.54) is 11.6 Å². The van der Waals surface area contributed by atoms with Crippen LogP contribution in [-0.4, -0.2) is 85.9 Å². The van der Waals surface area contributed by atoms with Crippen LogP contribution in [0.4, 0.5) is 4.39 Å². The van der Waals surface area contributed by atoms with Crippen LogP contribution in [-0.2, 0) is 29.0 Å². The second-order valence-corrected chi connectivity index (χ2v) is 13.0. The Morgan fingerprint density at radius 1 is 1.20 bits per heavy atom. The molecule has 1 aliphatic carbocycles. The van der Waals surface area contributed by atoms with Gasteiger partial charge in [-0.3, -0.25) is 14.7 Å². The Morgan fingerprint density at radius 2 is 2.00 bits per heavy atom. The maximum Gasteiger partial charge on any atom is 0.251 e. The van der Waals surface area contributed by atoms with Gasteiger partial charge >= 0.3 is 0 Å². The molecule has 1 aromatic heterocycles. The van der Waals surface area contributed by atoms with Gasteiger partial charge in [0.05, 0.1) is 30.3 Å². The highest BCUT2D eigenvalue weighted by Gasteiger charge is 2.24. The van der Waals surface area contributed by atoms with E-state index in [1.54, 1.807) is 26.4 Å². The molecule has 11 heteroatoms. The van der Waals surface area contributed by atoms with Gasteiger partial charge in [-0.1, -0.05) is 53.6 Å². The number of imidazole rings is 1. The number of piperidine rings is 1. The van der Waals surface area contributed by atoms with Crippen molar-refractivity contribution in [3.05, 3.63) is 112 Å². The summed E-state index contributed by atoms with van der Waals surface area (Å²) in [7, 11) is 4.43. The number of carbonyl (C=O) groups is 1. The quantitative estimate of drug-likeness (QED) is 0.0932. The van der Waals surface area contributed by atoms with E-state index < -0.39 is 0 Å². The van der Waals surface area contributed by atoms with Crippen LogP contribution in [0.1, 0.15) is 53.8 Å². The number of nitrogens with zero attached hydrogens (tertiary/aromatic N) is 4. The molecule has 2 heterocycles. The van der Waals surface area contributed by atoms with E-state index in [1.807, 2.05) is 36.4 Å². The van der Waals surface area contributed by atoms with Crippen molar-refractivity contribution >= 4 is 35.3 Å². The van der Waals surface area contributed by atoms with Crippen molar-refractivity contribution in [3.63, 3.8) is 0 Å². The number of fused-ring (bicyclic) bond motifs is 1. The molecule has 1 unspecified atom stereocenters. The molecule has 0 radical (unpaired) electrons. The summed E-state index contributed by atoms with van der Waals surface area (Å²) in [4.78, 5) is 24.8. The summed E-state index contributed by atoms with van der Waals surface area (Å²) < 4.78 is 27.1. The van der Waals surface area contributed by atoms with Crippen molar-refractivity contribution < 1.29 is 23.8 Å². The fourth-order valence-corrected chi connectivity index (χ4v) is 6.59. The number of aliphatic imine (C=N–C) groups is 1. The Morgan fingerprint density at radius 3 is 2.69 bits per heavy atom. The number of aliphatic hydroxyl groups excluding tert-OH is 1. The van der Waals surface area contributed by atoms with Crippen LogP contribution in [0.5, 0.6) is 0 Å². The molecule has 5 rings (SSSR count). The third kappa shape index (κ3) is 11.5. The van der Waals surface area contributed by atoms with Crippen LogP contribution in [0.15, 0.2) is 89.1 Å². The van der Waals surface area contributed by atoms with Gasteiger partial charge in [-0.05, 0) is 100 Å². The number of rotatable bonds is 16. The van der Waals surface area contributed by atoms with Gasteiger partial charge in [-0.25, -0.2) is 9.37 Å². The predicted octanol–water partition coefficient (Wildman–Crippen LogP) is 7.09. The number of allylic oxidation sites excluding steroid dienone is 6. The van der Waals surface area contributed by atoms with E-state index in [2.05, 4.69) is 44.7 Å². The SMILES string of the molecule is C=N/C(=C\C=C/Cc1ccc(Cl)cc1F)C1CCN(Cc2nc3cc(C(=O)NCCCC4=CCC(OC)C=C4)ccc3n2CCOC)CC1.CO. The molecule has 2 N–H and O–H groups in total. The van der Waals surface area contributed by atoms with Crippen molar-refractivity contribution in [3.8, 4) is 0 Å². The highest BCUT2D eigenvalue weighted by molar-refractivity contribution is 6.30. The lowest BCUT2D eigenvalue weighted by atomic mass is 9.93. The van der Waals surface area contributed by atoms with Crippen molar-refractivity contribution in [1.82, 2.24) is 19.8 Å². The number of likely N-dealkylation sites (tertiary alicyclic amines) is 1. The second kappa shape index (κ2) is 20.8. The number of nitrogens with one attached hydrogen (secondary N) is 1. The molecule has 9 nitrogen and oxygen atoms in total. The van der Waals surface area contributed by atoms with E-state index in [9.17, 15) is 9.18 Å². The van der Waals surface area contributed by atoms with Crippen LogP contribution in [0, 0.1) is 11.7 Å². The molecule has 274 valence electrons. The molecular weight excluding hydrogens is 669 g/mol. The highest BCUT2D eigenvalue weighted by atomic mass is 35.5. The molecule has 0 saturated carbocycles. The molecule has 1 fully saturated rings. The van der Waals surface area contributed by atoms with Crippen LogP contribution in [0.2, 0.25) is 5.02 Å². The molecule has 2 aliphatic rings. The van der Waals surface area contributed by atoms with Gasteiger partial charge in [-0.15, -0.1) is 0 Å². The number of methoxy groups -OCH3 is 2. The molecule has 3 aromatic rings. The van der Waals surface area contributed by atoms with Crippen molar-refractivity contribution in [2.24, 2.45) is 10.9 Å². The Hall–Kier alpha value is -3.93. The van der Waals surface area contributed by atoms with Gasteiger partial charge in [0.2, 0.25) is 0 Å². The largest absolute Gasteiger partial charge is 0.400 e. The number of hydrogen-bond donors (Lipinski definition) is 2. The van der Waals surface area contributed by atoms with Crippen LogP contribution >= 0.6 is 11.6 Å². The number of benzene rings is 2. The summed E-state index contributed by atoms with van der Waals surface area (Å²) in [5.41, 5.74) is 5.26. The van der Waals surface area contributed by atoms with Crippen LogP contribution in [0.3, 0.4) is 0 Å². The summed E-state index contributed by atoms with van der Waals surface area (Å²) in [5, 5.41) is 10.5. The lowest BCUT2D eigenvalue weighted by Gasteiger charge is -2.31. The standard InChI is InChI=1S/C39H47ClFN5O3.CH4O/c1-42-35(9-5-4-8-29-12-14-32(40)26-34(29)41)30-18-21-45(22-19-30)27-38-44-36-25-31(13-17-37(36)46(38)23-24-48-2)39(47)43-20-6-7-28-10-15-33(49-3)16-11-28;1-2/h4-5,9-15,17,25-26,30,33H,1,6-8,16,18-24,27H2,2-3H3,(H,43,47);2H,1H3/b5-4-,35-9-;. The molecule has 0 bridgehead atoms. The fraction of sp³-hybridized carbons (Fsp3) is 0.425. The van der Waals surface area contributed by atoms with E-state index in [-0.39, 0.29) is 17.8 Å². The van der Waals surface area contributed by atoms with Gasteiger partial charge in [-0.2, -0.15) is 0 Å². The van der Waals surface area contributed by atoms with Gasteiger partial charge < -0.3 is 24.5 Å². The van der Waals surface area contributed by atoms with Gasteiger partial charge in [0, 0.05) is 56.6 Å². The Kier molecular flexibility index (Phi) is 16.3. The number of ether oxygens (including phenoxy) is 2. The number of carbonyl (C=O) groups excluding carboxylic acids is 1. The van der Waals surface area contributed by atoms with Crippen LogP contribution < -0.4 is 5.32 Å². The first-order valence-corrected chi connectivity index (χ1v) is 17.9. The highest BCUT2D eigenvalue weighted by Crippen LogP contribution is 2.27. The first kappa shape index (κ1) is 39.8. The summed E-state index contributed by atoms with van der Waals surface area (Å²) in [6.07, 6.45) is 17.5. The summed E-state index contributed by atoms with van der Waals surface area (Å²) >= 11 is 5.87. The lowest BCUT2D eigenvalue weighted by Crippen LogP contribution is -2.34. The zero-order chi connectivity index (χ0) is 36.6. The van der Waals surface area contributed by atoms with Gasteiger partial charge in [0.25, 0.3) is 5.91 Å². The Labute approximate surface area is 306 Å². The molecule has 0 spiro atoms. The maximum absolute atomic E-state index is 14.1. The van der Waals surface area contributed by atoms with Crippen molar-refractivity contribution in [1.29, 1.82) is 0 Å². The van der Waals surface area contributed by atoms with Crippen molar-refractivity contribution in [2.45, 2.75) is 57.7 Å². The summed E-state index contributed by atoms with van der Waals surface area (Å²) in [5.74, 6) is 0.878. The van der Waals surface area contributed by atoms with Gasteiger partial charge in [0.1, 0.15) is 11.6 Å². The fourth-order valence-electron chi connectivity index (χ4n) is 6.43. The predicted molar refractivity (Wildman–Crippen MR) is 204 cm³/mol. The third-order valence-electron chi connectivity index (χ3n) is 9.29. The number of aromatic nitrogens is 2. The molecule has 51 heavy (non-hydrogen) atoms. The molecule has 2 aromatic carbocycles. The topological polar surface area (TPSA) is 101 Å². The maximum atomic E-state index is 14.1. The number of halogens is 2. The Bertz CT molecular complexity index is 1720. The number of hydrogen-bond acceptors (Lipinski definition) is 7. The van der Waals surface area contributed by atoms with E-state index in [0.29, 0.717) is 54.7 Å². The van der Waals surface area contributed by atoms with E-state index >= 15 is 0 Å². The van der Waals surface area contributed by atoms with E-state index in [4.69, 9.17) is 31.2 Å². The first-order valence-electron chi connectivity index (χ1n) is 17.5. The normalized spacial score (nSPS) is 17.0. The zero-order valence-corrected chi connectivity index (χ0v) is 30.7. The third-order valence-corrected chi connectivity index (χ3v) is 9.52. The first-order chi connectivity index (χ1) is 24.9. The minimum atomic E-state index is -0.300. The zero-order valence-electron chi connectivity index (χ0n) is 30.0.